The van der Waals surface area contributed by atoms with Crippen molar-refractivity contribution >= 4 is 34.5 Å². The average Bonchev–Trinajstić information content (AvgIpc) is 3.28. The van der Waals surface area contributed by atoms with Crippen molar-refractivity contribution in [1.29, 1.82) is 0 Å². The summed E-state index contributed by atoms with van der Waals surface area (Å²) in [6.07, 6.45) is 0.691. The fourth-order valence-corrected chi connectivity index (χ4v) is 3.68. The number of pyridine rings is 1. The number of ether oxygens (including phenoxy) is 2. The number of H-pyrrole nitrogens is 1. The number of halogens is 3. The van der Waals surface area contributed by atoms with Gasteiger partial charge in [0.25, 0.3) is 12.0 Å². The van der Waals surface area contributed by atoms with Crippen molar-refractivity contribution < 1.29 is 37.0 Å². The highest BCUT2D eigenvalue weighted by Gasteiger charge is 2.22. The lowest BCUT2D eigenvalue weighted by Gasteiger charge is -2.17. The lowest BCUT2D eigenvalue weighted by molar-refractivity contribution is -0.118. The Kier molecular flexibility index (Phi) is 9.73. The summed E-state index contributed by atoms with van der Waals surface area (Å²) in [4.78, 5) is 51.4. The second kappa shape index (κ2) is 13.2. The molecule has 3 amide bonds. The number of primary amides is 1. The van der Waals surface area contributed by atoms with Crippen LogP contribution in [0.3, 0.4) is 0 Å². The van der Waals surface area contributed by atoms with Crippen molar-refractivity contribution in [1.82, 2.24) is 14.9 Å². The van der Waals surface area contributed by atoms with Gasteiger partial charge in [0.2, 0.25) is 11.8 Å². The van der Waals surface area contributed by atoms with Crippen LogP contribution in [-0.2, 0) is 20.9 Å². The Morgan fingerprint density at radius 1 is 1.23 bits per heavy atom. The highest BCUT2D eigenvalue weighted by atomic mass is 19.3. The molecule has 14 heteroatoms. The smallest absolute Gasteiger partial charge is 0.407 e. The van der Waals surface area contributed by atoms with Gasteiger partial charge in [-0.1, -0.05) is 6.08 Å². The van der Waals surface area contributed by atoms with Crippen molar-refractivity contribution in [2.24, 2.45) is 5.73 Å². The molecule has 5 N–H and O–H groups in total. The summed E-state index contributed by atoms with van der Waals surface area (Å²) in [5.41, 5.74) is 5.08. The Hall–Kier alpha value is -4.75. The molecule has 2 heterocycles. The number of alkyl carbamates (subject to hydrolysis) is 1. The van der Waals surface area contributed by atoms with Crippen LogP contribution in [0.4, 0.5) is 23.7 Å². The topological polar surface area (TPSA) is 158 Å². The minimum atomic E-state index is -2.75. The zero-order chi connectivity index (χ0) is 28.5. The van der Waals surface area contributed by atoms with E-state index in [1.54, 1.807) is 6.07 Å². The van der Waals surface area contributed by atoms with E-state index < -0.39 is 48.4 Å². The molecular weight excluding hydrogens is 523 g/mol. The van der Waals surface area contributed by atoms with Gasteiger partial charge >= 0.3 is 6.09 Å². The van der Waals surface area contributed by atoms with Gasteiger partial charge in [0, 0.05) is 23.3 Å². The molecule has 0 aliphatic carbocycles. The van der Waals surface area contributed by atoms with E-state index in [9.17, 15) is 32.3 Å². The quantitative estimate of drug-likeness (QED) is 0.254. The van der Waals surface area contributed by atoms with E-state index in [1.807, 2.05) is 0 Å². The fraction of sp³-hybridized carbons (Fsp3) is 0.280. The molecule has 0 spiro atoms. The number of aromatic nitrogens is 2. The largest absolute Gasteiger partial charge is 0.485 e. The van der Waals surface area contributed by atoms with Crippen LogP contribution in [0.15, 0.2) is 53.5 Å². The van der Waals surface area contributed by atoms with Gasteiger partial charge in [-0.3, -0.25) is 14.4 Å². The zero-order valence-corrected chi connectivity index (χ0v) is 20.7. The summed E-state index contributed by atoms with van der Waals surface area (Å²) in [7, 11) is 1.12. The first-order valence-electron chi connectivity index (χ1n) is 11.6. The Bertz CT molecular complexity index is 1440. The van der Waals surface area contributed by atoms with Crippen molar-refractivity contribution in [2.45, 2.75) is 31.9 Å². The number of aromatic amines is 1. The van der Waals surface area contributed by atoms with Gasteiger partial charge in [-0.15, -0.1) is 0 Å². The van der Waals surface area contributed by atoms with Gasteiger partial charge < -0.3 is 35.4 Å². The third kappa shape index (κ3) is 8.12. The first kappa shape index (κ1) is 28.8. The zero-order valence-electron chi connectivity index (χ0n) is 20.7. The number of nitrogens with one attached hydrogen (secondary N) is 3. The average molecular weight is 550 g/mol. The number of nitrogens with zero attached hydrogens (tertiary/aromatic N) is 1. The van der Waals surface area contributed by atoms with Crippen molar-refractivity contribution in [3.05, 3.63) is 70.5 Å². The van der Waals surface area contributed by atoms with E-state index in [0.717, 1.165) is 19.3 Å². The van der Waals surface area contributed by atoms with E-state index in [0.29, 0.717) is 11.1 Å². The third-order valence-corrected chi connectivity index (χ3v) is 5.39. The van der Waals surface area contributed by atoms with Gasteiger partial charge in [-0.25, -0.2) is 18.0 Å². The Balaban J connectivity index is 1.79. The van der Waals surface area contributed by atoms with Gasteiger partial charge in [0.05, 0.1) is 19.2 Å². The number of rotatable bonds is 12. The fourth-order valence-electron chi connectivity index (χ4n) is 3.68. The predicted molar refractivity (Wildman–Crippen MR) is 135 cm³/mol. The number of carbonyl (C=O) groups is 3. The maximum Gasteiger partial charge on any atom is 0.407 e. The second-order valence-electron chi connectivity index (χ2n) is 8.28. The number of carbonyl (C=O) groups excluding carboxylic acids is 3. The normalized spacial score (nSPS) is 12.0. The van der Waals surface area contributed by atoms with Crippen LogP contribution < -0.4 is 26.7 Å². The molecule has 1 aromatic carbocycles. The SMILES string of the molecule is COC(=O)NC(CC/C=C/C(N)=O)C(=O)Nc1cccn(Cc2cc3cc(F)cc(OCC(F)F)c3[nH]2)c1=O. The lowest BCUT2D eigenvalue weighted by Crippen LogP contribution is -2.44. The Morgan fingerprint density at radius 3 is 2.69 bits per heavy atom. The number of nitrogens with two attached hydrogens (primary N) is 1. The molecule has 208 valence electrons. The number of methoxy groups -OCH3 is 1. The number of benzene rings is 1. The third-order valence-electron chi connectivity index (χ3n) is 5.39. The number of fused-ring (bicyclic) bond motifs is 1. The summed E-state index contributed by atoms with van der Waals surface area (Å²) in [6.45, 7) is -0.948. The van der Waals surface area contributed by atoms with Gasteiger partial charge in [0.15, 0.2) is 0 Å². The van der Waals surface area contributed by atoms with Crippen molar-refractivity contribution in [3.8, 4) is 5.75 Å². The van der Waals surface area contributed by atoms with Crippen LogP contribution in [-0.4, -0.2) is 53.6 Å². The summed E-state index contributed by atoms with van der Waals surface area (Å²) in [5, 5.41) is 5.20. The van der Waals surface area contributed by atoms with Gasteiger partial charge in [-0.05, 0) is 43.2 Å². The van der Waals surface area contributed by atoms with Crippen LogP contribution in [0.25, 0.3) is 10.9 Å². The van der Waals surface area contributed by atoms with Gasteiger partial charge in [-0.2, -0.15) is 0 Å². The monoisotopic (exact) mass is 549 g/mol. The maximum absolute atomic E-state index is 14.0. The molecule has 3 aromatic rings. The van der Waals surface area contributed by atoms with Crippen LogP contribution in [0.5, 0.6) is 5.75 Å². The maximum atomic E-state index is 14.0. The van der Waals surface area contributed by atoms with E-state index in [2.05, 4.69) is 20.4 Å². The number of anilines is 1. The molecule has 0 bridgehead atoms. The van der Waals surface area contributed by atoms with Gasteiger partial charge in [0.1, 0.15) is 29.9 Å². The molecule has 3 rings (SSSR count). The first-order valence-corrected chi connectivity index (χ1v) is 11.6. The molecule has 39 heavy (non-hydrogen) atoms. The number of hydrogen-bond acceptors (Lipinski definition) is 6. The molecule has 0 radical (unpaired) electrons. The number of alkyl halides is 2. The number of hydrogen-bond donors (Lipinski definition) is 4. The molecule has 0 aliphatic heterocycles. The van der Waals surface area contributed by atoms with E-state index in [1.165, 1.54) is 35.0 Å². The van der Waals surface area contributed by atoms with Crippen LogP contribution in [0.1, 0.15) is 18.5 Å². The summed E-state index contributed by atoms with van der Waals surface area (Å²) in [6, 6.07) is 5.50. The van der Waals surface area contributed by atoms with Crippen LogP contribution >= 0.6 is 0 Å². The minimum Gasteiger partial charge on any atom is -0.485 e. The predicted octanol–water partition coefficient (Wildman–Crippen LogP) is 2.65. The molecule has 1 unspecified atom stereocenters. The molecule has 0 aliphatic rings. The summed E-state index contributed by atoms with van der Waals surface area (Å²) >= 11 is 0. The first-order chi connectivity index (χ1) is 18.6. The van der Waals surface area contributed by atoms with Crippen molar-refractivity contribution in [3.63, 3.8) is 0 Å². The Morgan fingerprint density at radius 2 is 2.00 bits per heavy atom. The summed E-state index contributed by atoms with van der Waals surface area (Å²) < 4.78 is 49.9. The number of amides is 3. The van der Waals surface area contributed by atoms with E-state index >= 15 is 0 Å². The van der Waals surface area contributed by atoms with Crippen LogP contribution in [0.2, 0.25) is 0 Å². The summed E-state index contributed by atoms with van der Waals surface area (Å²) in [5.74, 6) is -2.15. The van der Waals surface area contributed by atoms with E-state index in [-0.39, 0.29) is 36.3 Å². The van der Waals surface area contributed by atoms with Crippen LogP contribution in [0, 0.1) is 5.82 Å². The molecular formula is C25H26F3N5O6. The molecule has 11 nitrogen and oxygen atoms in total. The minimum absolute atomic E-state index is 0.0329. The highest BCUT2D eigenvalue weighted by molar-refractivity contribution is 5.96. The molecule has 0 saturated carbocycles. The molecule has 2 aromatic heterocycles. The Labute approximate surface area is 219 Å². The molecule has 0 saturated heterocycles. The lowest BCUT2D eigenvalue weighted by atomic mass is 10.1. The van der Waals surface area contributed by atoms with E-state index in [4.69, 9.17) is 10.5 Å². The second-order valence-corrected chi connectivity index (χ2v) is 8.28. The standard InChI is InChI=1S/C25H26F3N5O6/c1-38-25(37)32-17(5-2-3-7-21(29)34)23(35)31-18-6-4-8-33(24(18)36)12-16-10-14-9-15(26)11-19(22(14)30-16)39-13-20(27)28/h3-4,6-11,17,20,30H,2,5,12-13H2,1H3,(H2,29,34)(H,31,35)(H,32,37)/b7-3+. The number of allylic oxidation sites excluding steroid dienone is 1. The van der Waals surface area contributed by atoms with Crippen molar-refractivity contribution in [2.75, 3.05) is 19.0 Å². The highest BCUT2D eigenvalue weighted by Crippen LogP contribution is 2.28. The molecule has 0 fully saturated rings. The molecule has 1 atom stereocenters.